The molecule has 0 aliphatic carbocycles. The van der Waals surface area contributed by atoms with Crippen molar-refractivity contribution >= 4 is 22.1 Å². The van der Waals surface area contributed by atoms with Crippen LogP contribution in [0.4, 0.5) is 23.7 Å². The highest BCUT2D eigenvalue weighted by molar-refractivity contribution is 7.84. The summed E-state index contributed by atoms with van der Waals surface area (Å²) in [5.74, 6) is 2.20. The number of amides is 1. The van der Waals surface area contributed by atoms with E-state index in [1.54, 1.807) is 0 Å². The fourth-order valence-electron chi connectivity index (χ4n) is 1.48. The lowest BCUT2D eigenvalue weighted by atomic mass is 10.2. The van der Waals surface area contributed by atoms with Crippen LogP contribution in [0, 0.1) is 12.0 Å². The van der Waals surface area contributed by atoms with Crippen LogP contribution in [0.1, 0.15) is 19.4 Å². The van der Waals surface area contributed by atoms with E-state index < -0.39 is 34.2 Å². The summed E-state index contributed by atoms with van der Waals surface area (Å²) in [6.07, 6.45) is -4.82. The Morgan fingerprint density at radius 3 is 2.64 bits per heavy atom. The lowest BCUT2D eigenvalue weighted by molar-refractivity contribution is -0.137. The van der Waals surface area contributed by atoms with E-state index in [0.717, 1.165) is 18.2 Å². The van der Waals surface area contributed by atoms with Gasteiger partial charge in [-0.2, -0.15) is 26.3 Å². The maximum Gasteiger partial charge on any atom is 0.416 e. The molecule has 0 aliphatic rings. The molecule has 0 heterocycles. The van der Waals surface area contributed by atoms with Crippen molar-refractivity contribution < 1.29 is 35.3 Å². The maximum absolute atomic E-state index is 12.6. The molecule has 0 aliphatic heterocycles. The average Bonchev–Trinajstić information content (AvgIpc) is 2.46. The Bertz CT molecular complexity index is 769. The smallest absolute Gasteiger partial charge is 0.416 e. The highest BCUT2D eigenvalue weighted by atomic mass is 32.2. The van der Waals surface area contributed by atoms with Crippen LogP contribution in [-0.2, 0) is 25.4 Å². The number of alkyl halides is 3. The molecule has 0 bridgehead atoms. The SMILES string of the molecule is CCNS(=O)(=O)OC#CC(C)OC(=O)Nc1cccc(C(F)(F)F)c1. The van der Waals surface area contributed by atoms with Gasteiger partial charge in [0.25, 0.3) is 0 Å². The number of carbonyl (C=O) groups is 1. The standard InChI is InChI=1S/C14H15F3N2O5S/c1-3-18-25(21,22)23-8-7-10(2)24-13(20)19-12-6-4-5-11(9-12)14(15,16)17/h4-6,9-10,18H,3H2,1-2H3,(H,19,20). The van der Waals surface area contributed by atoms with E-state index >= 15 is 0 Å². The van der Waals surface area contributed by atoms with Gasteiger partial charge in [0.15, 0.2) is 6.10 Å². The molecule has 7 nitrogen and oxygen atoms in total. The molecule has 1 amide bonds. The molecule has 1 unspecified atom stereocenters. The number of hydrogen-bond donors (Lipinski definition) is 2. The summed E-state index contributed by atoms with van der Waals surface area (Å²) < 4.78 is 71.0. The Labute approximate surface area is 142 Å². The summed E-state index contributed by atoms with van der Waals surface area (Å²) in [5.41, 5.74) is -1.05. The van der Waals surface area contributed by atoms with Gasteiger partial charge in [-0.15, -0.1) is 0 Å². The number of benzene rings is 1. The Kier molecular flexibility index (Phi) is 7.08. The van der Waals surface area contributed by atoms with Crippen molar-refractivity contribution in [3.63, 3.8) is 0 Å². The van der Waals surface area contributed by atoms with Gasteiger partial charge in [-0.25, -0.2) is 4.79 Å². The minimum absolute atomic E-state index is 0.107. The molecule has 1 aromatic carbocycles. The molecule has 0 radical (unpaired) electrons. The van der Waals surface area contributed by atoms with Crippen LogP contribution in [0.3, 0.4) is 0 Å². The molecule has 0 saturated carbocycles. The van der Waals surface area contributed by atoms with E-state index in [-0.39, 0.29) is 12.2 Å². The van der Waals surface area contributed by atoms with Gasteiger partial charge in [-0.1, -0.05) is 13.0 Å². The molecule has 1 rings (SSSR count). The lowest BCUT2D eigenvalue weighted by Crippen LogP contribution is -2.24. The highest BCUT2D eigenvalue weighted by Crippen LogP contribution is 2.30. The van der Waals surface area contributed by atoms with E-state index in [1.807, 2.05) is 10.8 Å². The number of ether oxygens (including phenoxy) is 1. The summed E-state index contributed by atoms with van der Waals surface area (Å²) in [7, 11) is -4.01. The zero-order valence-corrected chi connectivity index (χ0v) is 14.0. The van der Waals surface area contributed by atoms with Crippen molar-refractivity contribution in [1.82, 2.24) is 4.72 Å². The highest BCUT2D eigenvalue weighted by Gasteiger charge is 2.30. The van der Waals surface area contributed by atoms with E-state index in [4.69, 9.17) is 4.74 Å². The Morgan fingerprint density at radius 1 is 1.36 bits per heavy atom. The minimum Gasteiger partial charge on any atom is -0.433 e. The number of nitrogens with one attached hydrogen (secondary N) is 2. The largest absolute Gasteiger partial charge is 0.433 e. The fraction of sp³-hybridized carbons (Fsp3) is 0.357. The minimum atomic E-state index is -4.55. The van der Waals surface area contributed by atoms with Gasteiger partial charge in [0.2, 0.25) is 0 Å². The number of rotatable bonds is 5. The monoisotopic (exact) mass is 380 g/mol. The molecule has 1 atom stereocenters. The van der Waals surface area contributed by atoms with Gasteiger partial charge in [-0.3, -0.25) is 5.32 Å². The van der Waals surface area contributed by atoms with Crippen molar-refractivity contribution in [2.45, 2.75) is 26.1 Å². The van der Waals surface area contributed by atoms with Crippen LogP contribution in [0.5, 0.6) is 0 Å². The van der Waals surface area contributed by atoms with Gasteiger partial charge in [0, 0.05) is 12.2 Å². The van der Waals surface area contributed by atoms with Crippen LogP contribution in [0.15, 0.2) is 24.3 Å². The number of anilines is 1. The summed E-state index contributed by atoms with van der Waals surface area (Å²) >= 11 is 0. The molecule has 0 aromatic heterocycles. The molecule has 25 heavy (non-hydrogen) atoms. The van der Waals surface area contributed by atoms with Crippen molar-refractivity contribution in [1.29, 1.82) is 0 Å². The topological polar surface area (TPSA) is 93.7 Å². The first-order valence-electron chi connectivity index (χ1n) is 6.87. The van der Waals surface area contributed by atoms with Gasteiger partial charge in [0.05, 0.1) is 5.56 Å². The molecule has 1 aromatic rings. The maximum atomic E-state index is 12.6. The van der Waals surface area contributed by atoms with Gasteiger partial charge >= 0.3 is 22.6 Å². The van der Waals surface area contributed by atoms with Crippen LogP contribution in [0.2, 0.25) is 0 Å². The van der Waals surface area contributed by atoms with Gasteiger partial charge < -0.3 is 8.92 Å². The average molecular weight is 380 g/mol. The second-order valence-corrected chi connectivity index (χ2v) is 5.90. The van der Waals surface area contributed by atoms with Crippen molar-refractivity contribution in [3.8, 4) is 12.0 Å². The second-order valence-electron chi connectivity index (χ2n) is 4.53. The first kappa shape index (κ1) is 20.6. The Morgan fingerprint density at radius 2 is 2.04 bits per heavy atom. The molecular formula is C14H15F3N2O5S. The summed E-state index contributed by atoms with van der Waals surface area (Å²) in [6, 6.07) is 3.97. The van der Waals surface area contributed by atoms with Crippen LogP contribution >= 0.6 is 0 Å². The third-order valence-corrected chi connectivity index (χ3v) is 3.40. The van der Waals surface area contributed by atoms with Gasteiger partial charge in [0.1, 0.15) is 6.11 Å². The summed E-state index contributed by atoms with van der Waals surface area (Å²) in [4.78, 5) is 11.6. The number of halogens is 3. The zero-order chi connectivity index (χ0) is 19.1. The van der Waals surface area contributed by atoms with E-state index in [1.165, 1.54) is 19.9 Å². The van der Waals surface area contributed by atoms with E-state index in [0.29, 0.717) is 0 Å². The fourth-order valence-corrected chi connectivity index (χ4v) is 2.05. The molecule has 138 valence electrons. The normalized spacial score (nSPS) is 12.5. The first-order valence-corrected chi connectivity index (χ1v) is 8.28. The van der Waals surface area contributed by atoms with Crippen molar-refractivity contribution in [2.75, 3.05) is 11.9 Å². The predicted molar refractivity (Wildman–Crippen MR) is 82.5 cm³/mol. The molecule has 0 fully saturated rings. The second kappa shape index (κ2) is 8.59. The Hall–Kier alpha value is -2.45. The van der Waals surface area contributed by atoms with Crippen LogP contribution < -0.4 is 10.0 Å². The third-order valence-electron chi connectivity index (χ3n) is 2.45. The quantitative estimate of drug-likeness (QED) is 0.766. The van der Waals surface area contributed by atoms with E-state index in [9.17, 15) is 26.4 Å². The molecule has 2 N–H and O–H groups in total. The van der Waals surface area contributed by atoms with E-state index in [2.05, 4.69) is 15.4 Å². The molecular weight excluding hydrogens is 365 g/mol. The zero-order valence-electron chi connectivity index (χ0n) is 13.2. The number of carbonyl (C=O) groups excluding carboxylic acids is 1. The van der Waals surface area contributed by atoms with Crippen molar-refractivity contribution in [3.05, 3.63) is 29.8 Å². The summed E-state index contributed by atoms with van der Waals surface area (Å²) in [6.45, 7) is 2.97. The van der Waals surface area contributed by atoms with Crippen LogP contribution in [-0.4, -0.2) is 27.2 Å². The molecule has 11 heteroatoms. The van der Waals surface area contributed by atoms with Crippen molar-refractivity contribution in [2.24, 2.45) is 0 Å². The molecule has 0 saturated heterocycles. The summed E-state index contributed by atoms with van der Waals surface area (Å²) in [5, 5.41) is 2.11. The first-order chi connectivity index (χ1) is 11.5. The third kappa shape index (κ3) is 7.77. The Balaban J connectivity index is 2.60. The van der Waals surface area contributed by atoms with Crippen LogP contribution in [0.25, 0.3) is 0 Å². The van der Waals surface area contributed by atoms with Gasteiger partial charge in [-0.05, 0) is 31.0 Å². The number of hydrogen-bond acceptors (Lipinski definition) is 5. The predicted octanol–water partition coefficient (Wildman–Crippen LogP) is 2.47. The lowest BCUT2D eigenvalue weighted by Gasteiger charge is -2.11. The molecule has 0 spiro atoms.